The zero-order valence-corrected chi connectivity index (χ0v) is 13.8. The van der Waals surface area contributed by atoms with Gasteiger partial charge in [-0.3, -0.25) is 9.69 Å². The van der Waals surface area contributed by atoms with Crippen molar-refractivity contribution in [3.63, 3.8) is 0 Å². The van der Waals surface area contributed by atoms with Crippen LogP contribution in [0, 0.1) is 0 Å². The van der Waals surface area contributed by atoms with E-state index in [4.69, 9.17) is 0 Å². The number of hydrogen-bond donors (Lipinski definition) is 1. The molecule has 0 spiro atoms. The van der Waals surface area contributed by atoms with Crippen LogP contribution in [0.15, 0.2) is 53.5 Å². The first-order valence-electron chi connectivity index (χ1n) is 8.11. The number of amides is 2. The number of aromatic nitrogens is 1. The number of urea groups is 1. The topological polar surface area (TPSA) is 57.6 Å². The largest absolute Gasteiger partial charge is 0.322 e. The zero-order chi connectivity index (χ0) is 16.9. The fourth-order valence-corrected chi connectivity index (χ4v) is 2.82. The molecule has 1 fully saturated rings. The predicted octanol–water partition coefficient (Wildman–Crippen LogP) is 1.73. The third kappa shape index (κ3) is 4.02. The highest BCUT2D eigenvalue weighted by molar-refractivity contribution is 5.89. The number of carbonyl (C=O) groups is 1. The van der Waals surface area contributed by atoms with Gasteiger partial charge in [-0.2, -0.15) is 0 Å². The second-order valence-electron chi connectivity index (χ2n) is 6.05. The molecule has 2 heterocycles. The lowest BCUT2D eigenvalue weighted by molar-refractivity contribution is 0.143. The van der Waals surface area contributed by atoms with Crippen molar-refractivity contribution < 1.29 is 4.79 Å². The van der Waals surface area contributed by atoms with Gasteiger partial charge in [-0.15, -0.1) is 0 Å². The van der Waals surface area contributed by atoms with Crippen LogP contribution in [0.5, 0.6) is 0 Å². The van der Waals surface area contributed by atoms with Crippen LogP contribution in [0.1, 0.15) is 5.56 Å². The Balaban J connectivity index is 1.51. The molecule has 2 amide bonds. The number of carbonyl (C=O) groups excluding carboxylic acids is 1. The lowest BCUT2D eigenvalue weighted by atomic mass is 10.2. The van der Waals surface area contributed by atoms with Crippen LogP contribution >= 0.6 is 0 Å². The summed E-state index contributed by atoms with van der Waals surface area (Å²) < 4.78 is 1.45. The summed E-state index contributed by atoms with van der Waals surface area (Å²) in [4.78, 5) is 27.9. The molecule has 0 saturated carbocycles. The monoisotopic (exact) mass is 326 g/mol. The molecule has 1 saturated heterocycles. The van der Waals surface area contributed by atoms with Crippen molar-refractivity contribution in [1.82, 2.24) is 14.4 Å². The molecule has 24 heavy (non-hydrogen) atoms. The van der Waals surface area contributed by atoms with Gasteiger partial charge in [0.05, 0.1) is 5.69 Å². The van der Waals surface area contributed by atoms with Crippen LogP contribution in [0.3, 0.4) is 0 Å². The molecule has 1 aromatic carbocycles. The molecule has 1 aliphatic heterocycles. The van der Waals surface area contributed by atoms with E-state index in [0.717, 1.165) is 19.6 Å². The van der Waals surface area contributed by atoms with Gasteiger partial charge in [0.1, 0.15) is 0 Å². The third-order valence-corrected chi connectivity index (χ3v) is 4.25. The number of aryl methyl sites for hydroxylation is 1. The summed E-state index contributed by atoms with van der Waals surface area (Å²) in [7, 11) is 1.67. The predicted molar refractivity (Wildman–Crippen MR) is 94.0 cm³/mol. The van der Waals surface area contributed by atoms with Gasteiger partial charge in [-0.25, -0.2) is 4.79 Å². The second kappa shape index (κ2) is 7.31. The van der Waals surface area contributed by atoms with E-state index in [1.165, 1.54) is 16.2 Å². The molecule has 0 radical (unpaired) electrons. The van der Waals surface area contributed by atoms with E-state index in [1.54, 1.807) is 19.3 Å². The normalized spacial score (nSPS) is 15.3. The van der Waals surface area contributed by atoms with Crippen LogP contribution in [-0.4, -0.2) is 46.6 Å². The van der Waals surface area contributed by atoms with Gasteiger partial charge in [0, 0.05) is 52.0 Å². The lowest BCUT2D eigenvalue weighted by Crippen LogP contribution is -2.49. The van der Waals surface area contributed by atoms with E-state index in [-0.39, 0.29) is 11.6 Å². The van der Waals surface area contributed by atoms with Crippen LogP contribution < -0.4 is 10.9 Å². The SMILES string of the molecule is Cn1cc(NC(=O)N2CCN(Cc3ccccc3)CC2)ccc1=O. The van der Waals surface area contributed by atoms with E-state index in [0.29, 0.717) is 18.8 Å². The maximum atomic E-state index is 12.3. The molecule has 0 unspecified atom stereocenters. The first-order valence-corrected chi connectivity index (χ1v) is 8.11. The van der Waals surface area contributed by atoms with Gasteiger partial charge in [0.2, 0.25) is 5.56 Å². The van der Waals surface area contributed by atoms with Gasteiger partial charge >= 0.3 is 6.03 Å². The minimum Gasteiger partial charge on any atom is -0.322 e. The Hall–Kier alpha value is -2.60. The lowest BCUT2D eigenvalue weighted by Gasteiger charge is -2.34. The van der Waals surface area contributed by atoms with Gasteiger partial charge in [-0.1, -0.05) is 30.3 Å². The Morgan fingerprint density at radius 1 is 1.04 bits per heavy atom. The summed E-state index contributed by atoms with van der Waals surface area (Å²) in [6.07, 6.45) is 1.63. The second-order valence-corrected chi connectivity index (χ2v) is 6.05. The summed E-state index contributed by atoms with van der Waals surface area (Å²) in [6.45, 7) is 4.02. The van der Waals surface area contributed by atoms with Crippen LogP contribution in [-0.2, 0) is 13.6 Å². The number of nitrogens with one attached hydrogen (secondary N) is 1. The first-order chi connectivity index (χ1) is 11.6. The molecule has 1 aromatic heterocycles. The molecule has 2 aromatic rings. The molecule has 0 aliphatic carbocycles. The van der Waals surface area contributed by atoms with E-state index in [1.807, 2.05) is 23.1 Å². The van der Waals surface area contributed by atoms with Crippen LogP contribution in [0.2, 0.25) is 0 Å². The van der Waals surface area contributed by atoms with Crippen molar-refractivity contribution in [2.24, 2.45) is 7.05 Å². The maximum Gasteiger partial charge on any atom is 0.321 e. The third-order valence-electron chi connectivity index (χ3n) is 4.25. The molecule has 3 rings (SSSR count). The fourth-order valence-electron chi connectivity index (χ4n) is 2.82. The Morgan fingerprint density at radius 2 is 1.75 bits per heavy atom. The van der Waals surface area contributed by atoms with Gasteiger partial charge in [0.15, 0.2) is 0 Å². The minimum absolute atomic E-state index is 0.0949. The maximum absolute atomic E-state index is 12.3. The highest BCUT2D eigenvalue weighted by atomic mass is 16.2. The van der Waals surface area contributed by atoms with Gasteiger partial charge < -0.3 is 14.8 Å². The van der Waals surface area contributed by atoms with Crippen molar-refractivity contribution in [3.8, 4) is 0 Å². The summed E-state index contributed by atoms with van der Waals surface area (Å²) in [6, 6.07) is 13.3. The van der Waals surface area contributed by atoms with Crippen molar-refractivity contribution >= 4 is 11.7 Å². The number of benzene rings is 1. The van der Waals surface area contributed by atoms with Gasteiger partial charge in [-0.05, 0) is 11.6 Å². The highest BCUT2D eigenvalue weighted by Gasteiger charge is 2.21. The number of hydrogen-bond acceptors (Lipinski definition) is 3. The molecule has 0 atom stereocenters. The quantitative estimate of drug-likeness (QED) is 0.935. The summed E-state index contributed by atoms with van der Waals surface area (Å²) in [5, 5.41) is 2.85. The standard InChI is InChI=1S/C18H22N4O2/c1-20-14-16(7-8-17(20)23)19-18(24)22-11-9-21(10-12-22)13-15-5-3-2-4-6-15/h2-8,14H,9-13H2,1H3,(H,19,24). The molecule has 6 nitrogen and oxygen atoms in total. The number of anilines is 1. The number of rotatable bonds is 3. The Bertz CT molecular complexity index is 749. The molecule has 1 aliphatic rings. The molecular weight excluding hydrogens is 304 g/mol. The van der Waals surface area contributed by atoms with E-state index >= 15 is 0 Å². The van der Waals surface area contributed by atoms with Crippen LogP contribution in [0.4, 0.5) is 10.5 Å². The Labute approximate surface area is 141 Å². The smallest absolute Gasteiger partial charge is 0.321 e. The average Bonchev–Trinajstić information content (AvgIpc) is 2.60. The molecule has 126 valence electrons. The molecule has 1 N–H and O–H groups in total. The summed E-state index contributed by atoms with van der Waals surface area (Å²) in [5.74, 6) is 0. The van der Waals surface area contributed by atoms with E-state index in [2.05, 4.69) is 22.3 Å². The fraction of sp³-hybridized carbons (Fsp3) is 0.333. The minimum atomic E-state index is -0.118. The Kier molecular flexibility index (Phi) is 4.96. The van der Waals surface area contributed by atoms with Crippen molar-refractivity contribution in [2.45, 2.75) is 6.54 Å². The molecular formula is C18H22N4O2. The zero-order valence-electron chi connectivity index (χ0n) is 13.8. The average molecular weight is 326 g/mol. The van der Waals surface area contributed by atoms with Crippen LogP contribution in [0.25, 0.3) is 0 Å². The summed E-state index contributed by atoms with van der Waals surface area (Å²) >= 11 is 0. The van der Waals surface area contributed by atoms with Crippen molar-refractivity contribution in [2.75, 3.05) is 31.5 Å². The number of nitrogens with zero attached hydrogens (tertiary/aromatic N) is 3. The van der Waals surface area contributed by atoms with E-state index < -0.39 is 0 Å². The highest BCUT2D eigenvalue weighted by Crippen LogP contribution is 2.10. The van der Waals surface area contributed by atoms with Gasteiger partial charge in [0.25, 0.3) is 0 Å². The Morgan fingerprint density at radius 3 is 2.42 bits per heavy atom. The van der Waals surface area contributed by atoms with Crippen molar-refractivity contribution in [3.05, 3.63) is 64.6 Å². The molecule has 6 heteroatoms. The van der Waals surface area contributed by atoms with Crippen molar-refractivity contribution in [1.29, 1.82) is 0 Å². The number of pyridine rings is 1. The first kappa shape index (κ1) is 16.3. The molecule has 0 bridgehead atoms. The summed E-state index contributed by atoms with van der Waals surface area (Å²) in [5.41, 5.74) is 1.83. The van der Waals surface area contributed by atoms with E-state index in [9.17, 15) is 9.59 Å². The number of piperazine rings is 1.